The molecule has 18 heteroatoms. The number of rotatable bonds is 13. The molecule has 0 bridgehead atoms. The van der Waals surface area contributed by atoms with E-state index in [2.05, 4.69) is 131 Å². The van der Waals surface area contributed by atoms with Crippen LogP contribution in [0.25, 0.3) is 22.2 Å². The molecular formula is C55H70N10O6S2. The normalized spacial score (nSPS) is 15.1. The van der Waals surface area contributed by atoms with Gasteiger partial charge in [-0.15, -0.1) is 43.1 Å². The van der Waals surface area contributed by atoms with E-state index in [1.165, 1.54) is 15.3 Å². The number of ether oxygens (including phenoxy) is 2. The second kappa shape index (κ2) is 24.2. The Morgan fingerprint density at radius 2 is 1.01 bits per heavy atom. The van der Waals surface area contributed by atoms with E-state index in [9.17, 15) is 9.59 Å². The molecule has 0 amide bonds. The zero-order valence-electron chi connectivity index (χ0n) is 44.4. The van der Waals surface area contributed by atoms with Crippen LogP contribution in [0.1, 0.15) is 170 Å². The van der Waals surface area contributed by atoms with E-state index < -0.39 is 23.3 Å². The van der Waals surface area contributed by atoms with E-state index in [4.69, 9.17) is 30.6 Å². The average Bonchev–Trinajstić information content (AvgIpc) is 4.02. The SMILES string of the molecule is CCC/C=C/c1ccc(C2=N[C@@H](CC(=O)OC(C)(C)C)c3nnc(C)n3-c3sc(C)c(C)c32)cc1.Cc1sc2c(c1C)C(c1ccc(/C=C/CCON)cc1)=N[C@@H](CC(=O)OC(C)(C)C)c1nnc(C)n1-2.NO. The van der Waals surface area contributed by atoms with Gasteiger partial charge < -0.3 is 19.5 Å². The molecule has 0 spiro atoms. The Labute approximate surface area is 436 Å². The Hall–Kier alpha value is -6.28. The van der Waals surface area contributed by atoms with Crippen LogP contribution in [0.2, 0.25) is 0 Å². The second-order valence-corrected chi connectivity index (χ2v) is 22.3. The number of fused-ring (bicyclic) bond motifs is 6. The van der Waals surface area contributed by atoms with Gasteiger partial charge in [-0.2, -0.15) is 0 Å². The number of thiophene rings is 2. The molecule has 16 nitrogen and oxygen atoms in total. The molecule has 6 heterocycles. The molecule has 2 aliphatic rings. The largest absolute Gasteiger partial charge is 0.460 e. The molecular weight excluding hydrogens is 961 g/mol. The highest BCUT2D eigenvalue weighted by atomic mass is 32.1. The zero-order valence-corrected chi connectivity index (χ0v) is 46.0. The summed E-state index contributed by atoms with van der Waals surface area (Å²) in [6.07, 6.45) is 11.5. The Bertz CT molecular complexity index is 3010. The molecule has 0 radical (unpaired) electrons. The van der Waals surface area contributed by atoms with Gasteiger partial charge in [0.1, 0.15) is 44.9 Å². The fourth-order valence-electron chi connectivity index (χ4n) is 8.38. The molecule has 0 aliphatic carbocycles. The van der Waals surface area contributed by atoms with Gasteiger partial charge in [-0.1, -0.05) is 86.2 Å². The molecule has 8 rings (SSSR count). The summed E-state index contributed by atoms with van der Waals surface area (Å²) in [6, 6.07) is 15.7. The summed E-state index contributed by atoms with van der Waals surface area (Å²) < 4.78 is 15.4. The van der Waals surface area contributed by atoms with E-state index in [0.29, 0.717) is 18.3 Å². The standard InChI is InChI=1S/C28H34N4O2S.C27H33N5O3S.H3NO/c1-8-9-10-11-20-12-14-21(15-13-20)25-24-17(2)18(3)35-27(24)32-19(4)30-31-26(32)22(29-25)16-23(33)34-28(5,6)7;1-16-17(2)36-26-23(16)24(20-12-10-19(11-13-20)9-7-8-14-34-28)29-21(15-22(33)35-27(4,5)6)25-31-30-18(3)32(25)26;1-2/h10-15,22H,8-9,16H2,1-7H3;7,9-13,21H,8,14-15,28H2,1-6H3;2H,1H2/b11-10+;9-7+;/t22-;21-;/m00./s1. The summed E-state index contributed by atoms with van der Waals surface area (Å²) in [4.78, 5) is 43.1. The third-order valence-electron chi connectivity index (χ3n) is 11.9. The number of nitrogens with two attached hydrogens (primary N) is 2. The topological polar surface area (TPSA) is 220 Å². The molecule has 0 unspecified atom stereocenters. The van der Waals surface area contributed by atoms with Crippen molar-refractivity contribution in [2.75, 3.05) is 6.61 Å². The summed E-state index contributed by atoms with van der Waals surface area (Å²) in [5.41, 5.74) is 9.29. The van der Waals surface area contributed by atoms with Gasteiger partial charge in [0.05, 0.1) is 30.9 Å². The lowest BCUT2D eigenvalue weighted by atomic mass is 9.98. The van der Waals surface area contributed by atoms with Gasteiger partial charge in [0, 0.05) is 32.0 Å². The van der Waals surface area contributed by atoms with E-state index in [1.807, 2.05) is 72.1 Å². The molecule has 0 saturated heterocycles. The summed E-state index contributed by atoms with van der Waals surface area (Å²) in [7, 11) is 0. The number of hydrogen-bond acceptors (Lipinski definition) is 16. The first-order chi connectivity index (χ1) is 34.7. The van der Waals surface area contributed by atoms with Crippen LogP contribution in [-0.2, 0) is 23.9 Å². The van der Waals surface area contributed by atoms with E-state index in [0.717, 1.165) is 91.3 Å². The number of aliphatic imine (C=N–C) groups is 2. The Kier molecular flexibility index (Phi) is 18.5. The smallest absolute Gasteiger partial charge is 0.308 e. The monoisotopic (exact) mass is 1030 g/mol. The van der Waals surface area contributed by atoms with Crippen molar-refractivity contribution in [1.82, 2.24) is 29.5 Å². The van der Waals surface area contributed by atoms with Gasteiger partial charge in [-0.3, -0.25) is 28.7 Å². The van der Waals surface area contributed by atoms with Crippen LogP contribution in [-0.4, -0.2) is 75.9 Å². The molecule has 6 aromatic rings. The third-order valence-corrected chi connectivity index (χ3v) is 14.3. The lowest BCUT2D eigenvalue weighted by Gasteiger charge is -2.21. The summed E-state index contributed by atoms with van der Waals surface area (Å²) >= 11 is 3.41. The number of benzene rings is 2. The Morgan fingerprint density at radius 1 is 0.630 bits per heavy atom. The maximum atomic E-state index is 12.9. The number of allylic oxidation sites excluding steroid dienone is 1. The number of aromatic nitrogens is 6. The van der Waals surface area contributed by atoms with Crippen molar-refractivity contribution in [3.63, 3.8) is 0 Å². The first-order valence-electron chi connectivity index (χ1n) is 24.4. The second-order valence-electron chi connectivity index (χ2n) is 19.9. The first kappa shape index (κ1) is 56.0. The quantitative estimate of drug-likeness (QED) is 0.0559. The lowest BCUT2D eigenvalue weighted by Crippen LogP contribution is -2.25. The van der Waals surface area contributed by atoms with Crippen LogP contribution in [0.3, 0.4) is 0 Å². The van der Waals surface area contributed by atoms with Crippen LogP contribution in [0, 0.1) is 41.5 Å². The number of aryl methyl sites for hydroxylation is 4. The summed E-state index contributed by atoms with van der Waals surface area (Å²) in [6.45, 7) is 26.2. The third kappa shape index (κ3) is 13.5. The maximum Gasteiger partial charge on any atom is 0.308 e. The number of carbonyl (C=O) groups excluding carboxylic acids is 2. The van der Waals surface area contributed by atoms with Crippen molar-refractivity contribution < 1.29 is 29.1 Å². The Morgan fingerprint density at radius 3 is 1.37 bits per heavy atom. The minimum atomic E-state index is -0.579. The molecule has 2 atom stereocenters. The van der Waals surface area contributed by atoms with E-state index in [1.54, 1.807) is 22.7 Å². The first-order valence-corrected chi connectivity index (χ1v) is 26.1. The van der Waals surface area contributed by atoms with Crippen LogP contribution < -0.4 is 11.8 Å². The number of unbranched alkanes of at least 4 members (excludes halogenated alkanes) is 1. The van der Waals surface area contributed by atoms with Crippen molar-refractivity contribution in [3.8, 4) is 10.0 Å². The fourth-order valence-corrected chi connectivity index (χ4v) is 10.8. The van der Waals surface area contributed by atoms with Crippen molar-refractivity contribution in [1.29, 1.82) is 0 Å². The van der Waals surface area contributed by atoms with Crippen molar-refractivity contribution >= 4 is 58.2 Å². The zero-order chi connectivity index (χ0) is 53.4. The predicted octanol–water partition coefficient (Wildman–Crippen LogP) is 11.2. The van der Waals surface area contributed by atoms with Gasteiger partial charge in [-0.25, -0.2) is 11.8 Å². The highest BCUT2D eigenvalue weighted by Crippen LogP contribution is 2.41. The van der Waals surface area contributed by atoms with E-state index in [-0.39, 0.29) is 24.8 Å². The fraction of sp³-hybridized carbons (Fsp3) is 0.418. The molecule has 4 aromatic heterocycles. The van der Waals surface area contributed by atoms with Gasteiger partial charge >= 0.3 is 11.9 Å². The molecule has 2 aliphatic heterocycles. The highest BCUT2D eigenvalue weighted by Gasteiger charge is 2.35. The molecule has 388 valence electrons. The van der Waals surface area contributed by atoms with Crippen LogP contribution in [0.4, 0.5) is 0 Å². The number of carbonyl (C=O) groups is 2. The van der Waals surface area contributed by atoms with Gasteiger partial charge in [0.15, 0.2) is 11.6 Å². The van der Waals surface area contributed by atoms with Crippen molar-refractivity contribution in [3.05, 3.63) is 138 Å². The molecule has 2 aromatic carbocycles. The molecule has 0 fully saturated rings. The van der Waals surface area contributed by atoms with Crippen molar-refractivity contribution in [2.24, 2.45) is 21.8 Å². The molecule has 5 N–H and O–H groups in total. The van der Waals surface area contributed by atoms with Crippen molar-refractivity contribution in [2.45, 2.75) is 145 Å². The van der Waals surface area contributed by atoms with Gasteiger partial charge in [0.2, 0.25) is 0 Å². The van der Waals surface area contributed by atoms with Crippen LogP contribution in [0.15, 0.2) is 70.7 Å². The maximum absolute atomic E-state index is 12.9. The highest BCUT2D eigenvalue weighted by molar-refractivity contribution is 7.15. The van der Waals surface area contributed by atoms with E-state index >= 15 is 0 Å². The summed E-state index contributed by atoms with van der Waals surface area (Å²) in [5.74, 6) is 10.8. The van der Waals surface area contributed by atoms with Crippen LogP contribution >= 0.6 is 22.7 Å². The lowest BCUT2D eigenvalue weighted by molar-refractivity contribution is -0.156. The predicted molar refractivity (Wildman–Crippen MR) is 291 cm³/mol. The molecule has 0 saturated carbocycles. The number of nitrogens with zero attached hydrogens (tertiary/aromatic N) is 8. The molecule has 73 heavy (non-hydrogen) atoms. The number of esters is 2. The minimum absolute atomic E-state index is 0.0793. The van der Waals surface area contributed by atoms with Gasteiger partial charge in [-0.05, 0) is 118 Å². The Balaban J connectivity index is 0.000000230. The minimum Gasteiger partial charge on any atom is -0.460 e. The average molecular weight is 1030 g/mol. The number of hydrogen-bond donors (Lipinski definition) is 3. The van der Waals surface area contributed by atoms with Gasteiger partial charge in [0.25, 0.3) is 0 Å². The summed E-state index contributed by atoms with van der Waals surface area (Å²) in [5, 5.41) is 26.2. The van der Waals surface area contributed by atoms with Crippen LogP contribution in [0.5, 0.6) is 0 Å².